The van der Waals surface area contributed by atoms with Crippen LogP contribution in [0.1, 0.15) is 33.4 Å². The molecule has 0 bridgehead atoms. The first-order chi connectivity index (χ1) is 23.2. The van der Waals surface area contributed by atoms with E-state index in [4.69, 9.17) is 0 Å². The van der Waals surface area contributed by atoms with E-state index >= 15 is 0 Å². The van der Waals surface area contributed by atoms with Crippen molar-refractivity contribution in [3.63, 3.8) is 0 Å². The Morgan fingerprint density at radius 3 is 0.896 bits per heavy atom. The minimum Gasteiger partial charge on any atom is -1.00 e. The number of halogens is 1. The summed E-state index contributed by atoms with van der Waals surface area (Å²) < 4.78 is 0. The summed E-state index contributed by atoms with van der Waals surface area (Å²) in [6, 6.07) is 65.8. The highest BCUT2D eigenvalue weighted by Crippen LogP contribution is 2.64. The van der Waals surface area contributed by atoms with Crippen molar-refractivity contribution in [1.29, 1.82) is 0 Å². The second kappa shape index (κ2) is 13.8. The molecule has 4 N–H and O–H groups in total. The fraction of sp³-hybridized carbons (Fsp3) is 0.143. The van der Waals surface area contributed by atoms with E-state index in [9.17, 15) is 0 Å². The van der Waals surface area contributed by atoms with Gasteiger partial charge in [-0.1, -0.05) is 182 Å². The maximum atomic E-state index is 4.37. The van der Waals surface area contributed by atoms with Gasteiger partial charge in [0.25, 0.3) is 0 Å². The van der Waals surface area contributed by atoms with Gasteiger partial charge in [-0.2, -0.15) is 0 Å². The van der Waals surface area contributed by atoms with Gasteiger partial charge in [0, 0.05) is 0 Å². The van der Waals surface area contributed by atoms with Crippen LogP contribution in [0.4, 0.5) is 0 Å². The quantitative estimate of drug-likeness (QED) is 0.170. The molecule has 48 heavy (non-hydrogen) atoms. The fourth-order valence-electron chi connectivity index (χ4n) is 7.84. The van der Waals surface area contributed by atoms with Crippen molar-refractivity contribution in [1.82, 2.24) is 20.3 Å². The van der Waals surface area contributed by atoms with E-state index < -0.39 is 18.9 Å². The van der Waals surface area contributed by atoms with Crippen LogP contribution in [0, 0.1) is 0 Å². The summed E-state index contributed by atoms with van der Waals surface area (Å²) in [5.41, 5.74) is 6.59. The van der Waals surface area contributed by atoms with Gasteiger partial charge in [-0.25, -0.2) is 0 Å². The van der Waals surface area contributed by atoms with Gasteiger partial charge < -0.3 is 12.4 Å². The van der Waals surface area contributed by atoms with Crippen LogP contribution in [0.3, 0.4) is 0 Å². The molecule has 0 aliphatic carbocycles. The summed E-state index contributed by atoms with van der Waals surface area (Å²) in [6.07, 6.45) is 1.71. The molecule has 2 aliphatic rings. The Morgan fingerprint density at radius 2 is 0.625 bits per heavy atom. The van der Waals surface area contributed by atoms with E-state index in [1.807, 2.05) is 0 Å². The molecule has 4 nitrogen and oxygen atoms in total. The fourth-order valence-corrected chi connectivity index (χ4v) is 11.6. The van der Waals surface area contributed by atoms with Crippen molar-refractivity contribution < 1.29 is 12.4 Å². The van der Waals surface area contributed by atoms with Gasteiger partial charge in [-0.05, 0) is 46.2 Å². The third-order valence-corrected chi connectivity index (χ3v) is 12.7. The lowest BCUT2D eigenvalue weighted by Gasteiger charge is -2.34. The molecule has 2 aliphatic heterocycles. The molecular formula is C42H40ClN4P. The number of hydrogen-bond donors (Lipinski definition) is 4. The molecule has 2 heterocycles. The van der Waals surface area contributed by atoms with Crippen LogP contribution in [-0.2, 0) is 23.9 Å². The molecule has 6 aromatic rings. The third-order valence-electron chi connectivity index (χ3n) is 9.91. The predicted octanol–water partition coefficient (Wildman–Crippen LogP) is 5.16. The summed E-state index contributed by atoms with van der Waals surface area (Å²) in [5.74, 6) is 0. The van der Waals surface area contributed by atoms with Crippen LogP contribution >= 0.6 is 7.87 Å². The lowest BCUT2D eigenvalue weighted by Crippen LogP contribution is -3.00. The second-order valence-electron chi connectivity index (χ2n) is 12.7. The molecule has 2 saturated heterocycles. The Kier molecular flexibility index (Phi) is 9.31. The number of benzene rings is 6. The first-order valence-electron chi connectivity index (χ1n) is 16.5. The third kappa shape index (κ3) is 5.80. The molecule has 0 radical (unpaired) electrons. The molecule has 6 aromatic carbocycles. The molecule has 2 fully saturated rings. The first kappa shape index (κ1) is 32.4. The lowest BCUT2D eigenvalue weighted by molar-refractivity contribution is -0.00000970. The van der Waals surface area contributed by atoms with Crippen LogP contribution in [0.25, 0.3) is 0 Å². The van der Waals surface area contributed by atoms with Crippen molar-refractivity contribution in [3.05, 3.63) is 215 Å². The van der Waals surface area contributed by atoms with Gasteiger partial charge in [-0.3, -0.25) is 0 Å². The molecule has 2 unspecified atom stereocenters. The Morgan fingerprint density at radius 1 is 0.375 bits per heavy atom. The summed E-state index contributed by atoms with van der Waals surface area (Å²) in [4.78, 5) is 0. The van der Waals surface area contributed by atoms with Gasteiger partial charge in [-0.15, -0.1) is 20.3 Å². The lowest BCUT2D eigenvalue weighted by atomic mass is 9.76. The normalized spacial score (nSPS) is 22.2. The number of nitrogens with one attached hydrogen (secondary N) is 4. The highest BCUT2D eigenvalue weighted by Gasteiger charge is 2.70. The molecule has 6 heteroatoms. The van der Waals surface area contributed by atoms with Gasteiger partial charge in [0.1, 0.15) is 11.1 Å². The van der Waals surface area contributed by atoms with Crippen LogP contribution in [0.5, 0.6) is 0 Å². The van der Waals surface area contributed by atoms with Gasteiger partial charge in [0.2, 0.25) is 0 Å². The first-order valence-corrected chi connectivity index (χ1v) is 18.3. The van der Waals surface area contributed by atoms with Gasteiger partial charge in [0.15, 0.2) is 0 Å². The molecule has 8 rings (SSSR count). The summed E-state index contributed by atoms with van der Waals surface area (Å²) in [5, 5.41) is 17.3. The monoisotopic (exact) mass is 666 g/mol. The molecule has 1 spiro atoms. The predicted molar refractivity (Wildman–Crippen MR) is 195 cm³/mol. The van der Waals surface area contributed by atoms with Crippen LogP contribution < -0.4 is 32.8 Å². The molecule has 0 saturated carbocycles. The highest BCUT2D eigenvalue weighted by atomic mass is 35.5. The molecule has 0 amide bonds. The zero-order chi connectivity index (χ0) is 31.6. The van der Waals surface area contributed by atoms with E-state index in [-0.39, 0.29) is 24.5 Å². The molecule has 3 atom stereocenters. The Bertz CT molecular complexity index is 1670. The summed E-state index contributed by atoms with van der Waals surface area (Å²) >= 11 is 0. The van der Waals surface area contributed by atoms with Crippen molar-refractivity contribution >= 4 is 7.87 Å². The standard InChI is InChI=1S/C42H40N4P.ClH/c1-7-19-33(20-8-1)31-39-41(35-23-11-3-12-24-35,36-25-13-4-14-26-36)45-47(43-39)44-40(32-34-21-9-2-10-22-34)42(46-47,37-27-15-5-16-28-37)38-29-17-6-18-30-38;/h1-30,39-40,43-46H,31-32H2;1H/q+1;/p-1/t39-,40?,47?;/m0./s1. The van der Waals surface area contributed by atoms with E-state index in [0.717, 1.165) is 12.8 Å². The molecule has 240 valence electrons. The smallest absolute Gasteiger partial charge is 0.301 e. The zero-order valence-electron chi connectivity index (χ0n) is 26.7. The Hall–Kier alpha value is -4.12. The summed E-state index contributed by atoms with van der Waals surface area (Å²) in [6.45, 7) is 0. The average molecular weight is 667 g/mol. The van der Waals surface area contributed by atoms with E-state index in [2.05, 4.69) is 202 Å². The number of rotatable bonds is 8. The minimum absolute atomic E-state index is 0. The molecular weight excluding hydrogens is 627 g/mol. The van der Waals surface area contributed by atoms with E-state index in [0.29, 0.717) is 0 Å². The second-order valence-corrected chi connectivity index (χ2v) is 15.0. The topological polar surface area (TPSA) is 48.1 Å². The van der Waals surface area contributed by atoms with Gasteiger partial charge >= 0.3 is 7.87 Å². The number of hydrogen-bond acceptors (Lipinski definition) is 4. The van der Waals surface area contributed by atoms with Crippen molar-refractivity contribution in [3.8, 4) is 0 Å². The molecule has 0 aromatic heterocycles. The SMILES string of the molecule is [Cl-].c1ccc(CC2N[P+]3(N[C@@H](Cc4ccccc4)C(c4ccccc4)(c4ccccc4)N3)NC2(c2ccccc2)c2ccccc2)cc1. The zero-order valence-corrected chi connectivity index (χ0v) is 28.4. The van der Waals surface area contributed by atoms with Crippen LogP contribution in [-0.4, -0.2) is 12.1 Å². The Labute approximate surface area is 291 Å². The average Bonchev–Trinajstić information content (AvgIpc) is 3.64. The van der Waals surface area contributed by atoms with Crippen molar-refractivity contribution in [2.45, 2.75) is 36.0 Å². The minimum atomic E-state index is -2.49. The van der Waals surface area contributed by atoms with Gasteiger partial charge in [0.05, 0.1) is 12.1 Å². The van der Waals surface area contributed by atoms with Crippen molar-refractivity contribution in [2.24, 2.45) is 0 Å². The largest absolute Gasteiger partial charge is 1.00 e. The van der Waals surface area contributed by atoms with Crippen LogP contribution in [0.2, 0.25) is 0 Å². The Balaban J connectivity index is 0.00000364. The maximum absolute atomic E-state index is 4.37. The summed E-state index contributed by atoms with van der Waals surface area (Å²) in [7, 11) is -2.49. The van der Waals surface area contributed by atoms with Crippen molar-refractivity contribution in [2.75, 3.05) is 0 Å². The highest BCUT2D eigenvalue weighted by molar-refractivity contribution is 7.69. The van der Waals surface area contributed by atoms with E-state index in [1.54, 1.807) is 0 Å². The van der Waals surface area contributed by atoms with E-state index in [1.165, 1.54) is 33.4 Å². The van der Waals surface area contributed by atoms with Crippen LogP contribution in [0.15, 0.2) is 182 Å². The maximum Gasteiger partial charge on any atom is 0.301 e.